The van der Waals surface area contributed by atoms with Crippen LogP contribution in [0.25, 0.3) is 0 Å². The number of hydrogen-bond acceptors (Lipinski definition) is 4. The Labute approximate surface area is 85.9 Å². The van der Waals surface area contributed by atoms with Gasteiger partial charge in [0, 0.05) is 12.6 Å². The van der Waals surface area contributed by atoms with Crippen LogP contribution in [0.3, 0.4) is 0 Å². The summed E-state index contributed by atoms with van der Waals surface area (Å²) in [6.07, 6.45) is 0.0929. The number of rotatable bonds is 6. The lowest BCUT2D eigenvalue weighted by atomic mass is 10.1. The summed E-state index contributed by atoms with van der Waals surface area (Å²) in [5.41, 5.74) is 0. The molecule has 0 aliphatic heterocycles. The van der Waals surface area contributed by atoms with E-state index < -0.39 is 6.10 Å². The Morgan fingerprint density at radius 3 is 2.50 bits per heavy atom. The quantitative estimate of drug-likeness (QED) is 0.644. The van der Waals surface area contributed by atoms with Crippen molar-refractivity contribution in [1.29, 1.82) is 0 Å². The SMILES string of the molecule is COC(=O)C[C@@H](O)CCN(C)C(C)C. The van der Waals surface area contributed by atoms with Crippen molar-refractivity contribution >= 4 is 5.97 Å². The van der Waals surface area contributed by atoms with Crippen molar-refractivity contribution in [2.45, 2.75) is 38.8 Å². The number of ether oxygens (including phenoxy) is 1. The minimum Gasteiger partial charge on any atom is -0.469 e. The fourth-order valence-electron chi connectivity index (χ4n) is 0.989. The van der Waals surface area contributed by atoms with Gasteiger partial charge in [0.1, 0.15) is 0 Å². The van der Waals surface area contributed by atoms with Crippen LogP contribution in [0.4, 0.5) is 0 Å². The van der Waals surface area contributed by atoms with Gasteiger partial charge in [0.05, 0.1) is 19.6 Å². The molecule has 0 aromatic carbocycles. The number of aliphatic hydroxyl groups is 1. The zero-order valence-electron chi connectivity index (χ0n) is 9.49. The number of carbonyl (C=O) groups excluding carboxylic acids is 1. The minimum atomic E-state index is -0.594. The van der Waals surface area contributed by atoms with Crippen LogP contribution >= 0.6 is 0 Å². The van der Waals surface area contributed by atoms with Gasteiger partial charge in [-0.25, -0.2) is 0 Å². The lowest BCUT2D eigenvalue weighted by molar-refractivity contribution is -0.142. The van der Waals surface area contributed by atoms with Gasteiger partial charge in [0.15, 0.2) is 0 Å². The van der Waals surface area contributed by atoms with Crippen LogP contribution in [0, 0.1) is 0 Å². The summed E-state index contributed by atoms with van der Waals surface area (Å²) >= 11 is 0. The summed E-state index contributed by atoms with van der Waals surface area (Å²) in [7, 11) is 3.32. The molecule has 0 aliphatic rings. The van der Waals surface area contributed by atoms with Crippen molar-refractivity contribution < 1.29 is 14.6 Å². The van der Waals surface area contributed by atoms with E-state index in [0.29, 0.717) is 12.5 Å². The van der Waals surface area contributed by atoms with Crippen molar-refractivity contribution in [2.24, 2.45) is 0 Å². The number of methoxy groups -OCH3 is 1. The first-order valence-electron chi connectivity index (χ1n) is 4.92. The average molecular weight is 203 g/mol. The predicted octanol–water partition coefficient (Wildman–Crippen LogP) is 0.641. The Morgan fingerprint density at radius 2 is 2.07 bits per heavy atom. The maximum Gasteiger partial charge on any atom is 0.308 e. The second-order valence-electron chi connectivity index (χ2n) is 3.80. The number of esters is 1. The Hall–Kier alpha value is -0.610. The summed E-state index contributed by atoms with van der Waals surface area (Å²) in [5, 5.41) is 9.45. The molecule has 4 nitrogen and oxygen atoms in total. The Balaban J connectivity index is 3.63. The molecule has 0 saturated heterocycles. The van der Waals surface area contributed by atoms with Gasteiger partial charge in [-0.15, -0.1) is 0 Å². The second-order valence-corrected chi connectivity index (χ2v) is 3.80. The molecule has 0 fully saturated rings. The standard InChI is InChI=1S/C10H21NO3/c1-8(2)11(3)6-5-9(12)7-10(13)14-4/h8-9,12H,5-7H2,1-4H3/t9-/m0/s1. The van der Waals surface area contributed by atoms with E-state index in [1.165, 1.54) is 7.11 Å². The topological polar surface area (TPSA) is 49.8 Å². The van der Waals surface area contributed by atoms with E-state index in [1.807, 2.05) is 7.05 Å². The van der Waals surface area contributed by atoms with Crippen molar-refractivity contribution in [3.8, 4) is 0 Å². The summed E-state index contributed by atoms with van der Waals surface area (Å²) in [6.45, 7) is 4.97. The van der Waals surface area contributed by atoms with E-state index >= 15 is 0 Å². The first-order valence-corrected chi connectivity index (χ1v) is 4.92. The fourth-order valence-corrected chi connectivity index (χ4v) is 0.989. The van der Waals surface area contributed by atoms with E-state index in [9.17, 15) is 9.90 Å². The number of hydrogen-bond donors (Lipinski definition) is 1. The average Bonchev–Trinajstić information content (AvgIpc) is 2.13. The first-order chi connectivity index (χ1) is 6.47. The van der Waals surface area contributed by atoms with Crippen LogP contribution in [-0.4, -0.2) is 48.8 Å². The predicted molar refractivity (Wildman–Crippen MR) is 55.0 cm³/mol. The Kier molecular flexibility index (Phi) is 6.49. The largest absolute Gasteiger partial charge is 0.469 e. The van der Waals surface area contributed by atoms with Crippen LogP contribution < -0.4 is 0 Å². The van der Waals surface area contributed by atoms with Gasteiger partial charge < -0.3 is 14.7 Å². The third-order valence-corrected chi connectivity index (χ3v) is 2.33. The third-order valence-electron chi connectivity index (χ3n) is 2.33. The molecule has 4 heteroatoms. The zero-order valence-corrected chi connectivity index (χ0v) is 9.49. The van der Waals surface area contributed by atoms with Crippen LogP contribution in [0.1, 0.15) is 26.7 Å². The van der Waals surface area contributed by atoms with Gasteiger partial charge in [-0.05, 0) is 27.3 Å². The molecular weight excluding hydrogens is 182 g/mol. The molecular formula is C10H21NO3. The molecule has 0 unspecified atom stereocenters. The van der Waals surface area contributed by atoms with E-state index in [-0.39, 0.29) is 12.4 Å². The van der Waals surface area contributed by atoms with E-state index in [0.717, 1.165) is 6.54 Å². The maximum atomic E-state index is 10.8. The molecule has 0 aromatic heterocycles. The molecule has 14 heavy (non-hydrogen) atoms. The van der Waals surface area contributed by atoms with E-state index in [1.54, 1.807) is 0 Å². The molecule has 0 heterocycles. The van der Waals surface area contributed by atoms with Crippen LogP contribution in [0.15, 0.2) is 0 Å². The van der Waals surface area contributed by atoms with Crippen LogP contribution in [0.2, 0.25) is 0 Å². The second kappa shape index (κ2) is 6.79. The summed E-state index contributed by atoms with van der Waals surface area (Å²) in [6, 6.07) is 0.459. The van der Waals surface area contributed by atoms with Gasteiger partial charge in [0.2, 0.25) is 0 Å². The summed E-state index contributed by atoms with van der Waals surface area (Å²) in [4.78, 5) is 12.9. The maximum absolute atomic E-state index is 10.8. The lowest BCUT2D eigenvalue weighted by Gasteiger charge is -2.22. The molecule has 0 radical (unpaired) electrons. The highest BCUT2D eigenvalue weighted by atomic mass is 16.5. The van der Waals surface area contributed by atoms with Gasteiger partial charge in [-0.3, -0.25) is 4.79 Å². The van der Waals surface area contributed by atoms with Crippen LogP contribution in [-0.2, 0) is 9.53 Å². The van der Waals surface area contributed by atoms with Gasteiger partial charge in [-0.2, -0.15) is 0 Å². The molecule has 0 aliphatic carbocycles. The third kappa shape index (κ3) is 5.94. The van der Waals surface area contributed by atoms with E-state index in [4.69, 9.17) is 0 Å². The van der Waals surface area contributed by atoms with Gasteiger partial charge in [-0.1, -0.05) is 0 Å². The van der Waals surface area contributed by atoms with Gasteiger partial charge in [0.25, 0.3) is 0 Å². The molecule has 1 atom stereocenters. The van der Waals surface area contributed by atoms with Crippen molar-refractivity contribution in [1.82, 2.24) is 4.90 Å². The van der Waals surface area contributed by atoms with Crippen LogP contribution in [0.5, 0.6) is 0 Å². The molecule has 0 amide bonds. The first kappa shape index (κ1) is 13.4. The van der Waals surface area contributed by atoms with Crippen molar-refractivity contribution in [3.63, 3.8) is 0 Å². The van der Waals surface area contributed by atoms with Crippen molar-refractivity contribution in [3.05, 3.63) is 0 Å². The summed E-state index contributed by atoms with van der Waals surface area (Å²) < 4.78 is 4.46. The number of nitrogens with zero attached hydrogens (tertiary/aromatic N) is 1. The van der Waals surface area contributed by atoms with Gasteiger partial charge >= 0.3 is 5.97 Å². The molecule has 84 valence electrons. The monoisotopic (exact) mass is 203 g/mol. The fraction of sp³-hybridized carbons (Fsp3) is 0.900. The lowest BCUT2D eigenvalue weighted by Crippen LogP contribution is -2.30. The molecule has 0 rings (SSSR count). The molecule has 0 aromatic rings. The highest BCUT2D eigenvalue weighted by Crippen LogP contribution is 2.02. The summed E-state index contributed by atoms with van der Waals surface area (Å²) in [5.74, 6) is -0.357. The molecule has 0 saturated carbocycles. The molecule has 0 spiro atoms. The molecule has 1 N–H and O–H groups in total. The number of carbonyl (C=O) groups is 1. The Bertz CT molecular complexity index is 171. The highest BCUT2D eigenvalue weighted by Gasteiger charge is 2.12. The normalized spacial score (nSPS) is 13.4. The number of aliphatic hydroxyl groups excluding tert-OH is 1. The minimum absolute atomic E-state index is 0.0857. The smallest absolute Gasteiger partial charge is 0.308 e. The highest BCUT2D eigenvalue weighted by molar-refractivity contribution is 5.69. The Morgan fingerprint density at radius 1 is 1.50 bits per heavy atom. The van der Waals surface area contributed by atoms with E-state index in [2.05, 4.69) is 23.5 Å². The van der Waals surface area contributed by atoms with Crippen molar-refractivity contribution in [2.75, 3.05) is 20.7 Å². The molecule has 0 bridgehead atoms. The zero-order chi connectivity index (χ0) is 11.1.